The summed E-state index contributed by atoms with van der Waals surface area (Å²) in [5.74, 6) is 0.272. The number of nitrogens with one attached hydrogen (secondary N) is 1. The molecule has 0 bridgehead atoms. The topological polar surface area (TPSA) is 71.4 Å². The minimum atomic E-state index is -0.678. The molecule has 17 heavy (non-hydrogen) atoms. The van der Waals surface area contributed by atoms with Crippen LogP contribution in [0.3, 0.4) is 0 Å². The largest absolute Gasteiger partial charge is 0.486 e. The fourth-order valence-corrected chi connectivity index (χ4v) is 1.43. The highest BCUT2D eigenvalue weighted by molar-refractivity contribution is 5.94. The third kappa shape index (κ3) is 2.48. The average Bonchev–Trinajstić information content (AvgIpc) is 2.37. The quantitative estimate of drug-likeness (QED) is 0.839. The Bertz CT molecular complexity index is 479. The molecule has 0 aromatic heterocycles. The molecule has 1 aromatic carbocycles. The van der Waals surface area contributed by atoms with Gasteiger partial charge >= 0.3 is 0 Å². The number of carbonyl (C=O) groups is 1. The first-order valence-electron chi connectivity index (χ1n) is 5.31. The molecule has 0 radical (unpaired) electrons. The molecule has 5 nitrogen and oxygen atoms in total. The Morgan fingerprint density at radius 3 is 2.82 bits per heavy atom. The van der Waals surface area contributed by atoms with Crippen LogP contribution in [0, 0.1) is 17.2 Å². The van der Waals surface area contributed by atoms with Crippen molar-refractivity contribution in [3.8, 4) is 17.6 Å². The molecule has 0 fully saturated rings. The van der Waals surface area contributed by atoms with Gasteiger partial charge in [0.2, 0.25) is 5.91 Å². The Morgan fingerprint density at radius 2 is 2.12 bits per heavy atom. The second-order valence-electron chi connectivity index (χ2n) is 3.70. The summed E-state index contributed by atoms with van der Waals surface area (Å²) in [6.45, 7) is 2.58. The van der Waals surface area contributed by atoms with Gasteiger partial charge in [-0.3, -0.25) is 4.79 Å². The summed E-state index contributed by atoms with van der Waals surface area (Å²) in [7, 11) is 0. The zero-order valence-electron chi connectivity index (χ0n) is 9.40. The molecule has 1 aromatic rings. The molecule has 5 heteroatoms. The lowest BCUT2D eigenvalue weighted by molar-refractivity contribution is -0.117. The van der Waals surface area contributed by atoms with Crippen LogP contribution in [0.5, 0.6) is 11.5 Å². The third-order valence-electron chi connectivity index (χ3n) is 2.40. The van der Waals surface area contributed by atoms with Crippen molar-refractivity contribution >= 4 is 11.6 Å². The summed E-state index contributed by atoms with van der Waals surface area (Å²) in [6.07, 6.45) is 0. The van der Waals surface area contributed by atoms with Crippen LogP contribution in [0.2, 0.25) is 0 Å². The number of nitrogens with zero attached hydrogens (tertiary/aromatic N) is 1. The maximum Gasteiger partial charge on any atom is 0.241 e. The van der Waals surface area contributed by atoms with Crippen molar-refractivity contribution in [2.45, 2.75) is 6.92 Å². The summed E-state index contributed by atoms with van der Waals surface area (Å²) in [5.41, 5.74) is 0.598. The second-order valence-corrected chi connectivity index (χ2v) is 3.70. The van der Waals surface area contributed by atoms with Crippen LogP contribution >= 0.6 is 0 Å². The monoisotopic (exact) mass is 232 g/mol. The molecule has 1 atom stereocenters. The fourth-order valence-electron chi connectivity index (χ4n) is 1.43. The van der Waals surface area contributed by atoms with Gasteiger partial charge in [-0.2, -0.15) is 5.26 Å². The summed E-state index contributed by atoms with van der Waals surface area (Å²) in [6, 6.07) is 7.03. The number of amides is 1. The fraction of sp³-hybridized carbons (Fsp3) is 0.333. The Hall–Kier alpha value is -2.22. The van der Waals surface area contributed by atoms with Crippen LogP contribution in [0.1, 0.15) is 6.92 Å². The van der Waals surface area contributed by atoms with E-state index in [0.717, 1.165) is 0 Å². The van der Waals surface area contributed by atoms with E-state index in [9.17, 15) is 4.79 Å². The van der Waals surface area contributed by atoms with Crippen molar-refractivity contribution in [2.75, 3.05) is 18.5 Å². The lowest BCUT2D eigenvalue weighted by atomic mass is 10.2. The number of anilines is 1. The molecule has 2 rings (SSSR count). The zero-order valence-corrected chi connectivity index (χ0v) is 9.40. The predicted molar refractivity (Wildman–Crippen MR) is 60.8 cm³/mol. The third-order valence-corrected chi connectivity index (χ3v) is 2.40. The Labute approximate surface area is 98.9 Å². The number of carbonyl (C=O) groups excluding carboxylic acids is 1. The number of nitriles is 1. The van der Waals surface area contributed by atoms with Crippen LogP contribution in [0.25, 0.3) is 0 Å². The van der Waals surface area contributed by atoms with Gasteiger partial charge in [-0.15, -0.1) is 0 Å². The van der Waals surface area contributed by atoms with Gasteiger partial charge in [0.1, 0.15) is 19.1 Å². The minimum absolute atomic E-state index is 0.329. The summed E-state index contributed by atoms with van der Waals surface area (Å²) in [4.78, 5) is 11.5. The van der Waals surface area contributed by atoms with Crippen molar-refractivity contribution < 1.29 is 14.3 Å². The van der Waals surface area contributed by atoms with E-state index in [1.54, 1.807) is 25.1 Å². The van der Waals surface area contributed by atoms with E-state index < -0.39 is 5.92 Å². The molecule has 1 aliphatic heterocycles. The lowest BCUT2D eigenvalue weighted by Crippen LogP contribution is -2.19. The molecule has 1 amide bonds. The molecule has 0 aliphatic carbocycles. The average molecular weight is 232 g/mol. The number of hydrogen-bond acceptors (Lipinski definition) is 4. The van der Waals surface area contributed by atoms with Gasteiger partial charge in [0.15, 0.2) is 11.5 Å². The Balaban J connectivity index is 2.13. The zero-order chi connectivity index (χ0) is 12.3. The van der Waals surface area contributed by atoms with E-state index in [1.165, 1.54) is 0 Å². The van der Waals surface area contributed by atoms with E-state index in [-0.39, 0.29) is 5.91 Å². The van der Waals surface area contributed by atoms with Gasteiger partial charge in [0.05, 0.1) is 6.07 Å². The molecular formula is C12H12N2O3. The van der Waals surface area contributed by atoms with Crippen molar-refractivity contribution in [1.82, 2.24) is 0 Å². The first-order chi connectivity index (χ1) is 8.20. The maximum atomic E-state index is 11.5. The van der Waals surface area contributed by atoms with Crippen LogP contribution in [0.15, 0.2) is 18.2 Å². The first kappa shape index (κ1) is 11.3. The molecular weight excluding hydrogens is 220 g/mol. The number of ether oxygens (including phenoxy) is 2. The molecule has 0 saturated carbocycles. The van der Waals surface area contributed by atoms with Crippen LogP contribution in [0.4, 0.5) is 5.69 Å². The van der Waals surface area contributed by atoms with Crippen molar-refractivity contribution in [2.24, 2.45) is 5.92 Å². The highest BCUT2D eigenvalue weighted by Gasteiger charge is 2.15. The predicted octanol–water partition coefficient (Wildman–Crippen LogP) is 1.56. The van der Waals surface area contributed by atoms with E-state index in [4.69, 9.17) is 14.7 Å². The van der Waals surface area contributed by atoms with Gasteiger partial charge in [-0.1, -0.05) is 0 Å². The minimum Gasteiger partial charge on any atom is -0.486 e. The van der Waals surface area contributed by atoms with Crippen LogP contribution < -0.4 is 14.8 Å². The second kappa shape index (κ2) is 4.74. The summed E-state index contributed by atoms with van der Waals surface area (Å²) >= 11 is 0. The number of fused-ring (bicyclic) bond motifs is 1. The number of benzene rings is 1. The van der Waals surface area contributed by atoms with Crippen molar-refractivity contribution in [3.63, 3.8) is 0 Å². The smallest absolute Gasteiger partial charge is 0.241 e. The van der Waals surface area contributed by atoms with Gasteiger partial charge in [0.25, 0.3) is 0 Å². The lowest BCUT2D eigenvalue weighted by Gasteiger charge is -2.19. The van der Waals surface area contributed by atoms with E-state index in [2.05, 4.69) is 5.32 Å². The SMILES string of the molecule is CC(C#N)C(=O)Nc1ccc2c(c1)OCCO2. The Kier molecular flexibility index (Phi) is 3.15. The molecule has 0 spiro atoms. The molecule has 1 aliphatic rings. The van der Waals surface area contributed by atoms with E-state index >= 15 is 0 Å². The highest BCUT2D eigenvalue weighted by Crippen LogP contribution is 2.32. The summed E-state index contributed by atoms with van der Waals surface area (Å²) in [5, 5.41) is 11.3. The van der Waals surface area contributed by atoms with E-state index in [1.807, 2.05) is 6.07 Å². The normalized spacial score (nSPS) is 14.6. The van der Waals surface area contributed by atoms with Crippen molar-refractivity contribution in [3.05, 3.63) is 18.2 Å². The Morgan fingerprint density at radius 1 is 1.41 bits per heavy atom. The van der Waals surface area contributed by atoms with Gasteiger partial charge in [-0.05, 0) is 19.1 Å². The van der Waals surface area contributed by atoms with Gasteiger partial charge < -0.3 is 14.8 Å². The molecule has 1 unspecified atom stereocenters. The number of hydrogen-bond donors (Lipinski definition) is 1. The maximum absolute atomic E-state index is 11.5. The van der Waals surface area contributed by atoms with Gasteiger partial charge in [0, 0.05) is 11.8 Å². The van der Waals surface area contributed by atoms with Crippen LogP contribution in [-0.2, 0) is 4.79 Å². The molecule has 1 heterocycles. The summed E-state index contributed by atoms with van der Waals surface area (Å²) < 4.78 is 10.8. The van der Waals surface area contributed by atoms with E-state index in [0.29, 0.717) is 30.4 Å². The molecule has 88 valence electrons. The molecule has 0 saturated heterocycles. The standard InChI is InChI=1S/C12H12N2O3/c1-8(7-13)12(15)14-9-2-3-10-11(6-9)17-5-4-16-10/h2-3,6,8H,4-5H2,1H3,(H,14,15). The van der Waals surface area contributed by atoms with Gasteiger partial charge in [-0.25, -0.2) is 0 Å². The molecule has 1 N–H and O–H groups in total. The van der Waals surface area contributed by atoms with Crippen LogP contribution in [-0.4, -0.2) is 19.1 Å². The number of rotatable bonds is 2. The highest BCUT2D eigenvalue weighted by atomic mass is 16.6. The van der Waals surface area contributed by atoms with Crippen molar-refractivity contribution in [1.29, 1.82) is 5.26 Å². The first-order valence-corrected chi connectivity index (χ1v) is 5.31.